The van der Waals surface area contributed by atoms with Gasteiger partial charge in [0.15, 0.2) is 17.3 Å². The first kappa shape index (κ1) is 15.8. The molecular weight excluding hydrogens is 316 g/mol. The number of benzene rings is 2. The first-order valence-electron chi connectivity index (χ1n) is 7.16. The van der Waals surface area contributed by atoms with Crippen LogP contribution in [0.2, 0.25) is 0 Å². The molecule has 0 aromatic heterocycles. The third-order valence-corrected chi connectivity index (χ3v) is 3.87. The van der Waals surface area contributed by atoms with E-state index in [4.69, 9.17) is 14.2 Å². The van der Waals surface area contributed by atoms with Crippen LogP contribution < -0.4 is 14.2 Å². The highest BCUT2D eigenvalue weighted by Crippen LogP contribution is 2.50. The SMILES string of the molecule is COc1cc(O)c2c(c1OC)O[C@H](c1cc(O)ccc1O)CC2=O. The molecule has 3 rings (SSSR count). The number of carbonyl (C=O) groups excluding carboxylic acids is 1. The van der Waals surface area contributed by atoms with Crippen LogP contribution in [0.3, 0.4) is 0 Å². The Hall–Kier alpha value is -3.09. The zero-order valence-corrected chi connectivity index (χ0v) is 13.1. The standard InChI is InChI=1S/C17H16O7/c1-22-14-7-12(21)15-11(20)6-13(24-17(15)16(14)23-2)9-5-8(18)3-4-10(9)19/h3-5,7,13,18-19,21H,6H2,1-2H3/t13-/m0/s1. The number of methoxy groups -OCH3 is 2. The van der Waals surface area contributed by atoms with Crippen LogP contribution in [0.25, 0.3) is 0 Å². The van der Waals surface area contributed by atoms with Crippen LogP contribution in [0.4, 0.5) is 0 Å². The summed E-state index contributed by atoms with van der Waals surface area (Å²) in [5.74, 6) is -0.400. The number of Topliss-reactive ketones (excluding diaryl/α,β-unsaturated/α-hetero) is 1. The fourth-order valence-electron chi connectivity index (χ4n) is 2.76. The summed E-state index contributed by atoms with van der Waals surface area (Å²) in [6.45, 7) is 0. The molecule has 24 heavy (non-hydrogen) atoms. The molecule has 7 heteroatoms. The van der Waals surface area contributed by atoms with Gasteiger partial charge < -0.3 is 29.5 Å². The molecule has 0 amide bonds. The highest BCUT2D eigenvalue weighted by atomic mass is 16.5. The fourth-order valence-corrected chi connectivity index (χ4v) is 2.76. The summed E-state index contributed by atoms with van der Waals surface area (Å²) in [5, 5.41) is 29.7. The summed E-state index contributed by atoms with van der Waals surface area (Å²) in [7, 11) is 2.78. The third-order valence-electron chi connectivity index (χ3n) is 3.87. The molecule has 2 aromatic rings. The van der Waals surface area contributed by atoms with Crippen molar-refractivity contribution in [2.75, 3.05) is 14.2 Å². The molecule has 0 unspecified atom stereocenters. The Morgan fingerprint density at radius 1 is 1.08 bits per heavy atom. The van der Waals surface area contributed by atoms with E-state index in [2.05, 4.69) is 0 Å². The van der Waals surface area contributed by atoms with Gasteiger partial charge in [-0.25, -0.2) is 0 Å². The van der Waals surface area contributed by atoms with Gasteiger partial charge in [-0.1, -0.05) is 0 Å². The number of hydrogen-bond donors (Lipinski definition) is 3. The van der Waals surface area contributed by atoms with Crippen molar-refractivity contribution in [1.29, 1.82) is 0 Å². The maximum atomic E-state index is 12.5. The summed E-state index contributed by atoms with van der Waals surface area (Å²) in [6, 6.07) is 5.25. The van der Waals surface area contributed by atoms with Gasteiger partial charge in [-0.05, 0) is 18.2 Å². The molecule has 0 bridgehead atoms. The highest BCUT2D eigenvalue weighted by Gasteiger charge is 2.35. The number of carbonyl (C=O) groups is 1. The Morgan fingerprint density at radius 3 is 2.50 bits per heavy atom. The number of phenolic OH excluding ortho intramolecular Hbond substituents is 3. The zero-order valence-electron chi connectivity index (χ0n) is 13.1. The topological polar surface area (TPSA) is 105 Å². The summed E-state index contributed by atoms with van der Waals surface area (Å²) in [4.78, 5) is 12.5. The second kappa shape index (κ2) is 5.84. The van der Waals surface area contributed by atoms with Crippen molar-refractivity contribution in [3.05, 3.63) is 35.4 Å². The molecule has 0 radical (unpaired) electrons. The maximum Gasteiger partial charge on any atom is 0.204 e. The molecule has 1 heterocycles. The summed E-state index contributed by atoms with van der Waals surface area (Å²) in [6.07, 6.45) is -0.940. The summed E-state index contributed by atoms with van der Waals surface area (Å²) in [5.41, 5.74) is 0.266. The zero-order chi connectivity index (χ0) is 17.4. The minimum atomic E-state index is -0.836. The minimum absolute atomic E-state index is 0.00328. The molecule has 0 fully saturated rings. The largest absolute Gasteiger partial charge is 0.508 e. The van der Waals surface area contributed by atoms with Crippen LogP contribution in [0.5, 0.6) is 34.5 Å². The van der Waals surface area contributed by atoms with E-state index in [1.165, 1.54) is 38.5 Å². The van der Waals surface area contributed by atoms with Gasteiger partial charge in [-0.2, -0.15) is 0 Å². The smallest absolute Gasteiger partial charge is 0.204 e. The van der Waals surface area contributed by atoms with Gasteiger partial charge in [-0.15, -0.1) is 0 Å². The molecule has 1 atom stereocenters. The lowest BCUT2D eigenvalue weighted by atomic mass is 9.94. The van der Waals surface area contributed by atoms with Gasteiger partial charge in [-0.3, -0.25) is 4.79 Å². The van der Waals surface area contributed by atoms with Crippen molar-refractivity contribution >= 4 is 5.78 Å². The normalized spacial score (nSPS) is 16.2. The number of hydrogen-bond acceptors (Lipinski definition) is 7. The molecule has 0 spiro atoms. The van der Waals surface area contributed by atoms with E-state index in [0.717, 1.165) is 0 Å². The predicted molar refractivity (Wildman–Crippen MR) is 83.3 cm³/mol. The van der Waals surface area contributed by atoms with Crippen molar-refractivity contribution in [2.24, 2.45) is 0 Å². The van der Waals surface area contributed by atoms with Crippen LogP contribution in [0.15, 0.2) is 24.3 Å². The Kier molecular flexibility index (Phi) is 3.84. The molecular formula is C17H16O7. The van der Waals surface area contributed by atoms with Gasteiger partial charge in [0.05, 0.1) is 20.6 Å². The minimum Gasteiger partial charge on any atom is -0.508 e. The Morgan fingerprint density at radius 2 is 1.83 bits per heavy atom. The fraction of sp³-hybridized carbons (Fsp3) is 0.235. The number of ether oxygens (including phenoxy) is 3. The molecule has 0 aliphatic carbocycles. The lowest BCUT2D eigenvalue weighted by Gasteiger charge is -2.28. The van der Waals surface area contributed by atoms with E-state index in [9.17, 15) is 20.1 Å². The van der Waals surface area contributed by atoms with Crippen molar-refractivity contribution in [2.45, 2.75) is 12.5 Å². The van der Waals surface area contributed by atoms with Gasteiger partial charge >= 0.3 is 0 Å². The number of phenols is 3. The van der Waals surface area contributed by atoms with E-state index in [0.29, 0.717) is 0 Å². The molecule has 1 aliphatic rings. The van der Waals surface area contributed by atoms with Gasteiger partial charge in [0, 0.05) is 11.6 Å². The molecule has 0 saturated carbocycles. The van der Waals surface area contributed by atoms with Crippen LogP contribution in [-0.4, -0.2) is 35.3 Å². The lowest BCUT2D eigenvalue weighted by Crippen LogP contribution is -2.21. The lowest BCUT2D eigenvalue weighted by molar-refractivity contribution is 0.0832. The van der Waals surface area contributed by atoms with Crippen molar-refractivity contribution in [3.63, 3.8) is 0 Å². The van der Waals surface area contributed by atoms with E-state index in [1.54, 1.807) is 0 Å². The average Bonchev–Trinajstić information content (AvgIpc) is 2.56. The molecule has 2 aromatic carbocycles. The summed E-state index contributed by atoms with van der Waals surface area (Å²) >= 11 is 0. The number of ketones is 1. The maximum absolute atomic E-state index is 12.5. The highest BCUT2D eigenvalue weighted by molar-refractivity contribution is 6.04. The quantitative estimate of drug-likeness (QED) is 0.742. The van der Waals surface area contributed by atoms with Crippen LogP contribution in [0.1, 0.15) is 28.4 Å². The molecule has 7 nitrogen and oxygen atoms in total. The first-order chi connectivity index (χ1) is 11.5. The Labute approximate surface area is 137 Å². The van der Waals surface area contributed by atoms with Gasteiger partial charge in [0.2, 0.25) is 5.75 Å². The first-order valence-corrected chi connectivity index (χ1v) is 7.16. The molecule has 126 valence electrons. The van der Waals surface area contributed by atoms with E-state index >= 15 is 0 Å². The molecule has 0 saturated heterocycles. The Bertz CT molecular complexity index is 813. The van der Waals surface area contributed by atoms with Gasteiger partial charge in [0.25, 0.3) is 0 Å². The third kappa shape index (κ3) is 2.44. The predicted octanol–water partition coefficient (Wildman–Crippen LogP) is 2.53. The second-order valence-corrected chi connectivity index (χ2v) is 5.31. The van der Waals surface area contributed by atoms with Crippen molar-refractivity contribution in [1.82, 2.24) is 0 Å². The second-order valence-electron chi connectivity index (χ2n) is 5.31. The van der Waals surface area contributed by atoms with Crippen LogP contribution in [0, 0.1) is 0 Å². The van der Waals surface area contributed by atoms with E-state index < -0.39 is 6.10 Å². The number of rotatable bonds is 3. The summed E-state index contributed by atoms with van der Waals surface area (Å²) < 4.78 is 16.2. The average molecular weight is 332 g/mol. The molecule has 3 N–H and O–H groups in total. The van der Waals surface area contributed by atoms with Crippen molar-refractivity contribution < 1.29 is 34.3 Å². The van der Waals surface area contributed by atoms with E-state index in [-0.39, 0.29) is 57.8 Å². The van der Waals surface area contributed by atoms with Crippen molar-refractivity contribution in [3.8, 4) is 34.5 Å². The van der Waals surface area contributed by atoms with Gasteiger partial charge in [0.1, 0.15) is 28.9 Å². The molecule has 1 aliphatic heterocycles. The number of aromatic hydroxyl groups is 3. The van der Waals surface area contributed by atoms with Crippen LogP contribution >= 0.6 is 0 Å². The van der Waals surface area contributed by atoms with E-state index in [1.807, 2.05) is 0 Å². The monoisotopic (exact) mass is 332 g/mol. The Balaban J connectivity index is 2.14. The number of fused-ring (bicyclic) bond motifs is 1. The van der Waals surface area contributed by atoms with Crippen LogP contribution in [-0.2, 0) is 0 Å².